The average molecular weight is 356 g/mol. The second-order valence-corrected chi connectivity index (χ2v) is 7.02. The molecule has 0 saturated heterocycles. The summed E-state index contributed by atoms with van der Waals surface area (Å²) < 4.78 is 32.3. The maximum atomic E-state index is 12.4. The molecule has 6 nitrogen and oxygen atoms in total. The number of furan rings is 1. The van der Waals surface area contributed by atoms with Gasteiger partial charge in [-0.15, -0.1) is 0 Å². The largest absolute Gasteiger partial charge is 0.468 e. The smallest absolute Gasteiger partial charge is 0.255 e. The molecule has 2 N–H and O–H groups in total. The Kier molecular flexibility index (Phi) is 4.97. The fourth-order valence-corrected chi connectivity index (χ4v) is 3.24. The van der Waals surface area contributed by atoms with Crippen molar-refractivity contribution in [1.29, 1.82) is 0 Å². The standard InChI is InChI=1S/C18H16N2O4S/c21-18(14-6-2-1-3-7-14)20-15-8-4-10-17(12-15)25(22,23)19-13-16-9-5-11-24-16/h1-12,19H,13H2,(H,20,21). The quantitative estimate of drug-likeness (QED) is 0.711. The number of amides is 1. The molecule has 25 heavy (non-hydrogen) atoms. The number of hydrogen-bond acceptors (Lipinski definition) is 4. The van der Waals surface area contributed by atoms with Crippen LogP contribution in [0.2, 0.25) is 0 Å². The molecule has 0 spiro atoms. The number of anilines is 1. The van der Waals surface area contributed by atoms with Crippen LogP contribution in [0.1, 0.15) is 16.1 Å². The highest BCUT2D eigenvalue weighted by Gasteiger charge is 2.15. The van der Waals surface area contributed by atoms with Crippen LogP contribution in [0.5, 0.6) is 0 Å². The van der Waals surface area contributed by atoms with Crippen LogP contribution in [-0.4, -0.2) is 14.3 Å². The molecular formula is C18H16N2O4S. The van der Waals surface area contributed by atoms with Crippen LogP contribution in [-0.2, 0) is 16.6 Å². The monoisotopic (exact) mass is 356 g/mol. The summed E-state index contributed by atoms with van der Waals surface area (Å²) in [6.45, 7) is 0.0515. The Hall–Kier alpha value is -2.90. The van der Waals surface area contributed by atoms with Gasteiger partial charge in [0.2, 0.25) is 10.0 Å². The van der Waals surface area contributed by atoms with E-state index in [-0.39, 0.29) is 17.3 Å². The van der Waals surface area contributed by atoms with E-state index in [4.69, 9.17) is 4.42 Å². The number of nitrogens with one attached hydrogen (secondary N) is 2. The Balaban J connectivity index is 1.73. The highest BCUT2D eigenvalue weighted by molar-refractivity contribution is 7.89. The lowest BCUT2D eigenvalue weighted by Gasteiger charge is -2.09. The van der Waals surface area contributed by atoms with Crippen molar-refractivity contribution >= 4 is 21.6 Å². The predicted octanol–water partition coefficient (Wildman–Crippen LogP) is 3.01. The van der Waals surface area contributed by atoms with Gasteiger partial charge in [0.15, 0.2) is 0 Å². The van der Waals surface area contributed by atoms with Gasteiger partial charge in [0.1, 0.15) is 5.76 Å². The van der Waals surface area contributed by atoms with Gasteiger partial charge in [-0.3, -0.25) is 4.79 Å². The van der Waals surface area contributed by atoms with Crippen molar-refractivity contribution in [3.63, 3.8) is 0 Å². The van der Waals surface area contributed by atoms with E-state index in [1.807, 2.05) is 6.07 Å². The molecule has 128 valence electrons. The van der Waals surface area contributed by atoms with Gasteiger partial charge in [0.25, 0.3) is 5.91 Å². The number of benzene rings is 2. The van der Waals surface area contributed by atoms with E-state index in [2.05, 4.69) is 10.0 Å². The van der Waals surface area contributed by atoms with E-state index < -0.39 is 10.0 Å². The van der Waals surface area contributed by atoms with Crippen LogP contribution in [0.15, 0.2) is 82.3 Å². The first-order chi connectivity index (χ1) is 12.0. The van der Waals surface area contributed by atoms with E-state index >= 15 is 0 Å². The van der Waals surface area contributed by atoms with E-state index in [9.17, 15) is 13.2 Å². The zero-order chi connectivity index (χ0) is 17.7. The van der Waals surface area contributed by atoms with E-state index in [0.717, 1.165) is 0 Å². The van der Waals surface area contributed by atoms with Crippen molar-refractivity contribution < 1.29 is 17.6 Å². The van der Waals surface area contributed by atoms with Gasteiger partial charge in [0.05, 0.1) is 17.7 Å². The lowest BCUT2D eigenvalue weighted by molar-refractivity contribution is 0.102. The highest BCUT2D eigenvalue weighted by atomic mass is 32.2. The minimum absolute atomic E-state index is 0.0515. The number of carbonyl (C=O) groups excluding carboxylic acids is 1. The SMILES string of the molecule is O=C(Nc1cccc(S(=O)(=O)NCc2ccco2)c1)c1ccccc1. The Morgan fingerprint density at radius 1 is 0.960 bits per heavy atom. The zero-order valence-corrected chi connectivity index (χ0v) is 14.0. The van der Waals surface area contributed by atoms with Gasteiger partial charge in [-0.05, 0) is 42.5 Å². The molecule has 1 aromatic heterocycles. The molecule has 0 saturated carbocycles. The second-order valence-electron chi connectivity index (χ2n) is 5.25. The number of carbonyl (C=O) groups is 1. The summed E-state index contributed by atoms with van der Waals surface area (Å²) in [5.74, 6) is 0.204. The van der Waals surface area contributed by atoms with E-state index in [0.29, 0.717) is 17.0 Å². The molecule has 0 unspecified atom stereocenters. The molecule has 0 aliphatic rings. The van der Waals surface area contributed by atoms with Crippen molar-refractivity contribution in [3.05, 3.63) is 84.3 Å². The van der Waals surface area contributed by atoms with Gasteiger partial charge < -0.3 is 9.73 Å². The van der Waals surface area contributed by atoms with Crippen molar-refractivity contribution in [2.75, 3.05) is 5.32 Å². The molecule has 0 aliphatic carbocycles. The van der Waals surface area contributed by atoms with Crippen LogP contribution in [0, 0.1) is 0 Å². The minimum atomic E-state index is -3.72. The van der Waals surface area contributed by atoms with Crippen molar-refractivity contribution in [3.8, 4) is 0 Å². The number of sulfonamides is 1. The molecule has 7 heteroatoms. The lowest BCUT2D eigenvalue weighted by atomic mass is 10.2. The summed E-state index contributed by atoms with van der Waals surface area (Å²) in [7, 11) is -3.72. The fraction of sp³-hybridized carbons (Fsp3) is 0.0556. The van der Waals surface area contributed by atoms with Gasteiger partial charge in [-0.1, -0.05) is 24.3 Å². The first kappa shape index (κ1) is 16.9. The molecule has 0 radical (unpaired) electrons. The van der Waals surface area contributed by atoms with Gasteiger partial charge in [-0.2, -0.15) is 0 Å². The predicted molar refractivity (Wildman–Crippen MR) is 93.6 cm³/mol. The van der Waals surface area contributed by atoms with Crippen LogP contribution in [0.4, 0.5) is 5.69 Å². The molecule has 1 heterocycles. The molecule has 0 atom stereocenters. The van der Waals surface area contributed by atoms with E-state index in [1.54, 1.807) is 48.5 Å². The first-order valence-corrected chi connectivity index (χ1v) is 9.01. The first-order valence-electron chi connectivity index (χ1n) is 7.53. The maximum absolute atomic E-state index is 12.4. The molecule has 0 aliphatic heterocycles. The summed E-state index contributed by atoms with van der Waals surface area (Å²) in [6, 6.07) is 18.1. The zero-order valence-electron chi connectivity index (χ0n) is 13.2. The Morgan fingerprint density at radius 3 is 2.48 bits per heavy atom. The van der Waals surface area contributed by atoms with Crippen molar-refractivity contribution in [2.45, 2.75) is 11.4 Å². The molecule has 1 amide bonds. The number of rotatable bonds is 6. The third kappa shape index (κ3) is 4.34. The summed E-state index contributed by atoms with van der Waals surface area (Å²) in [5.41, 5.74) is 0.890. The van der Waals surface area contributed by atoms with Crippen LogP contribution >= 0.6 is 0 Å². The van der Waals surface area contributed by atoms with Crippen LogP contribution < -0.4 is 10.0 Å². The molecule has 3 rings (SSSR count). The van der Waals surface area contributed by atoms with Crippen LogP contribution in [0.25, 0.3) is 0 Å². The molecule has 0 bridgehead atoms. The second kappa shape index (κ2) is 7.33. The Morgan fingerprint density at radius 2 is 1.76 bits per heavy atom. The molecule has 3 aromatic rings. The van der Waals surface area contributed by atoms with Crippen LogP contribution in [0.3, 0.4) is 0 Å². The third-order valence-corrected chi connectivity index (χ3v) is 4.85. The Bertz CT molecular complexity index is 952. The van der Waals surface area contributed by atoms with Gasteiger partial charge in [-0.25, -0.2) is 13.1 Å². The van der Waals surface area contributed by atoms with Gasteiger partial charge >= 0.3 is 0 Å². The van der Waals surface area contributed by atoms with Gasteiger partial charge in [0, 0.05) is 11.3 Å². The minimum Gasteiger partial charge on any atom is -0.468 e. The summed E-state index contributed by atoms with van der Waals surface area (Å²) in [5, 5.41) is 2.69. The molecule has 2 aromatic carbocycles. The molecular weight excluding hydrogens is 340 g/mol. The van der Waals surface area contributed by atoms with Crippen molar-refractivity contribution in [1.82, 2.24) is 4.72 Å². The maximum Gasteiger partial charge on any atom is 0.255 e. The third-order valence-electron chi connectivity index (χ3n) is 3.45. The fourth-order valence-electron chi connectivity index (χ4n) is 2.20. The average Bonchev–Trinajstić information content (AvgIpc) is 3.15. The summed E-state index contributed by atoms with van der Waals surface area (Å²) >= 11 is 0. The highest BCUT2D eigenvalue weighted by Crippen LogP contribution is 2.17. The Labute approximate surface area is 145 Å². The lowest BCUT2D eigenvalue weighted by Crippen LogP contribution is -2.23. The number of hydrogen-bond donors (Lipinski definition) is 2. The normalized spacial score (nSPS) is 11.2. The summed E-state index contributed by atoms with van der Waals surface area (Å²) in [4.78, 5) is 12.2. The molecule has 0 fully saturated rings. The topological polar surface area (TPSA) is 88.4 Å². The summed E-state index contributed by atoms with van der Waals surface area (Å²) in [6.07, 6.45) is 1.48. The van der Waals surface area contributed by atoms with E-state index in [1.165, 1.54) is 18.4 Å². The van der Waals surface area contributed by atoms with Crippen molar-refractivity contribution in [2.24, 2.45) is 0 Å².